The fraction of sp³-hybridized carbons (Fsp3) is 0.435. The lowest BCUT2D eigenvalue weighted by atomic mass is 10.1. The van der Waals surface area contributed by atoms with Crippen LogP contribution >= 0.6 is 0 Å². The third kappa shape index (κ3) is 3.12. The Hall–Kier alpha value is -2.73. The zero-order chi connectivity index (χ0) is 20.1. The van der Waals surface area contributed by atoms with Gasteiger partial charge in [0.15, 0.2) is 11.6 Å². The molecule has 0 aliphatic carbocycles. The highest BCUT2D eigenvalue weighted by atomic mass is 16.3. The van der Waals surface area contributed by atoms with Crippen LogP contribution in [0.1, 0.15) is 57.6 Å². The van der Waals surface area contributed by atoms with Gasteiger partial charge in [0.25, 0.3) is 5.91 Å². The van der Waals surface area contributed by atoms with E-state index >= 15 is 0 Å². The molecule has 1 atom stereocenters. The first-order chi connectivity index (χ1) is 14.0. The van der Waals surface area contributed by atoms with Crippen molar-refractivity contribution in [2.75, 3.05) is 20.1 Å². The predicted molar refractivity (Wildman–Crippen MR) is 111 cm³/mol. The molecule has 2 aliphatic rings. The molecule has 2 aliphatic heterocycles. The fourth-order valence-corrected chi connectivity index (χ4v) is 4.58. The summed E-state index contributed by atoms with van der Waals surface area (Å²) in [6.45, 7) is 6.63. The van der Waals surface area contributed by atoms with E-state index in [1.807, 2.05) is 30.2 Å². The quantitative estimate of drug-likeness (QED) is 0.666. The maximum Gasteiger partial charge on any atom is 0.290 e. The maximum absolute atomic E-state index is 13.4. The van der Waals surface area contributed by atoms with Gasteiger partial charge in [0.1, 0.15) is 5.58 Å². The number of benzene rings is 1. The molecule has 0 bridgehead atoms. The fourth-order valence-electron chi connectivity index (χ4n) is 4.58. The number of amides is 1. The van der Waals surface area contributed by atoms with Crippen molar-refractivity contribution in [1.82, 2.24) is 19.8 Å². The van der Waals surface area contributed by atoms with Gasteiger partial charge >= 0.3 is 0 Å². The molecule has 0 saturated carbocycles. The van der Waals surface area contributed by atoms with E-state index in [0.717, 1.165) is 66.0 Å². The van der Waals surface area contributed by atoms with E-state index in [1.165, 1.54) is 5.56 Å². The minimum Gasteiger partial charge on any atom is -0.451 e. The van der Waals surface area contributed by atoms with Crippen molar-refractivity contribution in [2.45, 2.75) is 45.7 Å². The lowest BCUT2D eigenvalue weighted by Gasteiger charge is -2.26. The number of aryl methyl sites for hydroxylation is 2. The van der Waals surface area contributed by atoms with E-state index in [2.05, 4.69) is 29.9 Å². The maximum atomic E-state index is 13.4. The van der Waals surface area contributed by atoms with Gasteiger partial charge in [0.2, 0.25) is 0 Å². The Morgan fingerprint density at radius 1 is 1.24 bits per heavy atom. The van der Waals surface area contributed by atoms with E-state index in [9.17, 15) is 4.79 Å². The molecular formula is C23H26N4O2. The summed E-state index contributed by atoms with van der Waals surface area (Å²) >= 11 is 0. The number of carbonyl (C=O) groups excluding carboxylic acids is 1. The highest BCUT2D eigenvalue weighted by Crippen LogP contribution is 2.34. The highest BCUT2D eigenvalue weighted by Gasteiger charge is 2.35. The molecule has 5 rings (SSSR count). The monoisotopic (exact) mass is 390 g/mol. The predicted octanol–water partition coefficient (Wildman–Crippen LogP) is 3.80. The highest BCUT2D eigenvalue weighted by molar-refractivity contribution is 5.99. The average Bonchev–Trinajstić information content (AvgIpc) is 3.32. The standard InChI is InChI=1S/C23H26N4O2/c1-14-6-7-20-17(11-14)15(2)21(29-20)23(28)27-9-4-5-19(27)22-24-12-16-13-26(3)10-8-18(16)25-22/h6-7,11-12,19H,4-5,8-10,13H2,1-3H3/t19-/m0/s1. The third-order valence-corrected chi connectivity index (χ3v) is 6.24. The Labute approximate surface area is 170 Å². The Balaban J connectivity index is 1.47. The number of aromatic nitrogens is 2. The van der Waals surface area contributed by atoms with E-state index in [1.54, 1.807) is 0 Å². The second kappa shape index (κ2) is 6.95. The summed E-state index contributed by atoms with van der Waals surface area (Å²) in [5.41, 5.74) is 5.16. The van der Waals surface area contributed by atoms with Gasteiger partial charge in [-0.1, -0.05) is 11.6 Å². The first-order valence-corrected chi connectivity index (χ1v) is 10.3. The van der Waals surface area contributed by atoms with Crippen molar-refractivity contribution in [3.05, 3.63) is 58.4 Å². The van der Waals surface area contributed by atoms with Crippen LogP contribution < -0.4 is 0 Å². The van der Waals surface area contributed by atoms with Crippen LogP contribution in [0.5, 0.6) is 0 Å². The van der Waals surface area contributed by atoms with Gasteiger partial charge in [-0.25, -0.2) is 9.97 Å². The Kier molecular flexibility index (Phi) is 4.39. The largest absolute Gasteiger partial charge is 0.451 e. The molecule has 2 aromatic heterocycles. The Bertz CT molecular complexity index is 1100. The zero-order valence-electron chi connectivity index (χ0n) is 17.2. The van der Waals surface area contributed by atoms with Crippen LogP contribution in [-0.2, 0) is 13.0 Å². The van der Waals surface area contributed by atoms with Gasteiger partial charge in [-0.05, 0) is 45.9 Å². The smallest absolute Gasteiger partial charge is 0.290 e. The van der Waals surface area contributed by atoms with Crippen molar-refractivity contribution < 1.29 is 9.21 Å². The van der Waals surface area contributed by atoms with Crippen LogP contribution in [0.15, 0.2) is 28.8 Å². The molecule has 0 N–H and O–H groups in total. The van der Waals surface area contributed by atoms with Gasteiger partial charge in [-0.15, -0.1) is 0 Å². The van der Waals surface area contributed by atoms with Crippen LogP contribution in [-0.4, -0.2) is 45.8 Å². The van der Waals surface area contributed by atoms with Crippen LogP contribution in [0.4, 0.5) is 0 Å². The number of carbonyl (C=O) groups is 1. The van der Waals surface area contributed by atoms with Crippen molar-refractivity contribution in [3.63, 3.8) is 0 Å². The average molecular weight is 390 g/mol. The molecule has 0 spiro atoms. The molecular weight excluding hydrogens is 364 g/mol. The first kappa shape index (κ1) is 18.3. The third-order valence-electron chi connectivity index (χ3n) is 6.24. The Morgan fingerprint density at radius 3 is 2.97 bits per heavy atom. The van der Waals surface area contributed by atoms with Gasteiger partial charge in [0, 0.05) is 54.5 Å². The molecule has 6 nitrogen and oxygen atoms in total. The Morgan fingerprint density at radius 2 is 2.10 bits per heavy atom. The molecule has 3 aromatic rings. The minimum atomic E-state index is -0.0817. The van der Waals surface area contributed by atoms with Gasteiger partial charge in [-0.2, -0.15) is 0 Å². The van der Waals surface area contributed by atoms with Crippen molar-refractivity contribution in [2.24, 2.45) is 0 Å². The van der Waals surface area contributed by atoms with E-state index in [-0.39, 0.29) is 11.9 Å². The topological polar surface area (TPSA) is 62.5 Å². The van der Waals surface area contributed by atoms with Crippen molar-refractivity contribution in [3.8, 4) is 0 Å². The molecule has 1 saturated heterocycles. The number of hydrogen-bond donors (Lipinski definition) is 0. The summed E-state index contributed by atoms with van der Waals surface area (Å²) in [6.07, 6.45) is 4.73. The van der Waals surface area contributed by atoms with E-state index in [4.69, 9.17) is 9.40 Å². The number of fused-ring (bicyclic) bond motifs is 2. The molecule has 0 unspecified atom stereocenters. The number of nitrogens with zero attached hydrogens (tertiary/aromatic N) is 4. The molecule has 0 radical (unpaired) electrons. The molecule has 1 fully saturated rings. The summed E-state index contributed by atoms with van der Waals surface area (Å²) < 4.78 is 5.98. The second-order valence-electron chi connectivity index (χ2n) is 8.40. The number of rotatable bonds is 2. The number of furan rings is 1. The molecule has 1 aromatic carbocycles. The number of likely N-dealkylation sites (N-methyl/N-ethyl adjacent to an activating group) is 1. The van der Waals surface area contributed by atoms with Crippen molar-refractivity contribution >= 4 is 16.9 Å². The van der Waals surface area contributed by atoms with E-state index in [0.29, 0.717) is 12.3 Å². The normalized spacial score (nSPS) is 19.7. The van der Waals surface area contributed by atoms with Gasteiger partial charge in [-0.3, -0.25) is 4.79 Å². The number of hydrogen-bond acceptors (Lipinski definition) is 5. The molecule has 4 heterocycles. The van der Waals surface area contributed by atoms with Crippen molar-refractivity contribution in [1.29, 1.82) is 0 Å². The summed E-state index contributed by atoms with van der Waals surface area (Å²) in [7, 11) is 2.12. The molecule has 6 heteroatoms. The molecule has 29 heavy (non-hydrogen) atoms. The molecule has 1 amide bonds. The second-order valence-corrected chi connectivity index (χ2v) is 8.40. The van der Waals surface area contributed by atoms with Crippen LogP contribution in [0.2, 0.25) is 0 Å². The van der Waals surface area contributed by atoms with Gasteiger partial charge < -0.3 is 14.2 Å². The molecule has 150 valence electrons. The summed E-state index contributed by atoms with van der Waals surface area (Å²) in [6, 6.07) is 5.95. The number of likely N-dealkylation sites (tertiary alicyclic amines) is 1. The lowest BCUT2D eigenvalue weighted by molar-refractivity contribution is 0.0698. The SMILES string of the molecule is Cc1ccc2oc(C(=O)N3CCC[C@H]3c3ncc4c(n3)CCN(C)C4)c(C)c2c1. The summed E-state index contributed by atoms with van der Waals surface area (Å²) in [5, 5.41) is 1.01. The van der Waals surface area contributed by atoms with Crippen LogP contribution in [0, 0.1) is 13.8 Å². The van der Waals surface area contributed by atoms with Crippen LogP contribution in [0.3, 0.4) is 0 Å². The lowest BCUT2D eigenvalue weighted by Crippen LogP contribution is -2.33. The van der Waals surface area contributed by atoms with Crippen LogP contribution in [0.25, 0.3) is 11.0 Å². The summed E-state index contributed by atoms with van der Waals surface area (Å²) in [5.74, 6) is 1.15. The van der Waals surface area contributed by atoms with Gasteiger partial charge in [0.05, 0.1) is 6.04 Å². The minimum absolute atomic E-state index is 0.0556. The van der Waals surface area contributed by atoms with E-state index < -0.39 is 0 Å². The summed E-state index contributed by atoms with van der Waals surface area (Å²) in [4.78, 5) is 27.1. The first-order valence-electron chi connectivity index (χ1n) is 10.3. The zero-order valence-corrected chi connectivity index (χ0v) is 17.2.